The van der Waals surface area contributed by atoms with E-state index in [-0.39, 0.29) is 10.9 Å². The van der Waals surface area contributed by atoms with Crippen molar-refractivity contribution in [3.05, 3.63) is 24.3 Å². The molecule has 1 aromatic rings. The summed E-state index contributed by atoms with van der Waals surface area (Å²) in [6.07, 6.45) is 3.35. The van der Waals surface area contributed by atoms with Crippen LogP contribution in [0.5, 0.6) is 0 Å². The summed E-state index contributed by atoms with van der Waals surface area (Å²) >= 11 is 0. The lowest BCUT2D eigenvalue weighted by molar-refractivity contribution is 0.106. The van der Waals surface area contributed by atoms with E-state index in [0.717, 1.165) is 25.7 Å². The van der Waals surface area contributed by atoms with Gasteiger partial charge in [-0.3, -0.25) is 0 Å². The number of aliphatic hydroxyl groups excluding tert-OH is 1. The zero-order valence-corrected chi connectivity index (χ0v) is 13.7. The van der Waals surface area contributed by atoms with Crippen LogP contribution in [0.15, 0.2) is 29.2 Å². The number of anilines is 1. The van der Waals surface area contributed by atoms with Gasteiger partial charge in [0.25, 0.3) is 0 Å². The highest BCUT2D eigenvalue weighted by Crippen LogP contribution is 2.31. The van der Waals surface area contributed by atoms with E-state index in [0.29, 0.717) is 5.69 Å². The van der Waals surface area contributed by atoms with E-state index in [9.17, 15) is 13.5 Å². The zero-order valence-electron chi connectivity index (χ0n) is 12.9. The first-order valence-corrected chi connectivity index (χ1v) is 8.72. The summed E-state index contributed by atoms with van der Waals surface area (Å²) < 4.78 is 26.1. The molecule has 5 nitrogen and oxygen atoms in total. The molecule has 0 heterocycles. The fourth-order valence-electron chi connectivity index (χ4n) is 2.89. The van der Waals surface area contributed by atoms with Crippen molar-refractivity contribution in [1.82, 2.24) is 4.31 Å². The standard InChI is InChI=1S/C15H24N2O3S/c1-16(2)21(19,20)15-11-7-5-9-13(15)17(3)12-8-4-6-10-14(12)18/h5,7,9,11-12,14,18H,4,6,8,10H2,1-3H3. The molecule has 1 aliphatic rings. The molecule has 0 aromatic heterocycles. The molecular weight excluding hydrogens is 288 g/mol. The number of sulfonamides is 1. The maximum Gasteiger partial charge on any atom is 0.244 e. The van der Waals surface area contributed by atoms with Crippen LogP contribution >= 0.6 is 0 Å². The molecule has 1 aliphatic carbocycles. The number of para-hydroxylation sites is 1. The normalized spacial score (nSPS) is 23.3. The number of nitrogens with zero attached hydrogens (tertiary/aromatic N) is 2. The van der Waals surface area contributed by atoms with Gasteiger partial charge in [-0.05, 0) is 25.0 Å². The van der Waals surface area contributed by atoms with Crippen LogP contribution in [-0.4, -0.2) is 51.1 Å². The highest BCUT2D eigenvalue weighted by Gasteiger charge is 2.30. The second kappa shape index (κ2) is 6.34. The van der Waals surface area contributed by atoms with Gasteiger partial charge in [0.15, 0.2) is 0 Å². The first kappa shape index (κ1) is 16.3. The van der Waals surface area contributed by atoms with Crippen molar-refractivity contribution >= 4 is 15.7 Å². The first-order valence-electron chi connectivity index (χ1n) is 7.28. The van der Waals surface area contributed by atoms with Crippen molar-refractivity contribution in [2.45, 2.75) is 42.7 Å². The summed E-state index contributed by atoms with van der Waals surface area (Å²) in [4.78, 5) is 2.20. The summed E-state index contributed by atoms with van der Waals surface area (Å²) in [7, 11) is 1.42. The highest BCUT2D eigenvalue weighted by atomic mass is 32.2. The van der Waals surface area contributed by atoms with Crippen LogP contribution in [0.3, 0.4) is 0 Å². The van der Waals surface area contributed by atoms with Crippen molar-refractivity contribution in [2.24, 2.45) is 0 Å². The molecule has 21 heavy (non-hydrogen) atoms. The predicted molar refractivity (Wildman–Crippen MR) is 84.0 cm³/mol. The van der Waals surface area contributed by atoms with Crippen molar-refractivity contribution < 1.29 is 13.5 Å². The number of rotatable bonds is 4. The lowest BCUT2D eigenvalue weighted by Crippen LogP contribution is -2.44. The van der Waals surface area contributed by atoms with Crippen LogP contribution in [0.1, 0.15) is 25.7 Å². The number of hydrogen-bond acceptors (Lipinski definition) is 4. The second-order valence-corrected chi connectivity index (χ2v) is 7.91. The Hall–Kier alpha value is -1.11. The van der Waals surface area contributed by atoms with E-state index in [1.807, 2.05) is 18.0 Å². The largest absolute Gasteiger partial charge is 0.391 e. The zero-order chi connectivity index (χ0) is 15.6. The topological polar surface area (TPSA) is 60.9 Å². The van der Waals surface area contributed by atoms with Gasteiger partial charge in [0.05, 0.1) is 17.8 Å². The Morgan fingerprint density at radius 1 is 1.10 bits per heavy atom. The number of benzene rings is 1. The van der Waals surface area contributed by atoms with E-state index < -0.39 is 16.1 Å². The van der Waals surface area contributed by atoms with E-state index in [1.54, 1.807) is 18.2 Å². The van der Waals surface area contributed by atoms with E-state index in [2.05, 4.69) is 0 Å². The van der Waals surface area contributed by atoms with Gasteiger partial charge in [-0.1, -0.05) is 25.0 Å². The quantitative estimate of drug-likeness (QED) is 0.919. The van der Waals surface area contributed by atoms with Crippen LogP contribution in [-0.2, 0) is 10.0 Å². The van der Waals surface area contributed by atoms with Gasteiger partial charge >= 0.3 is 0 Å². The molecule has 1 aromatic carbocycles. The molecule has 1 saturated carbocycles. The molecule has 0 saturated heterocycles. The minimum Gasteiger partial charge on any atom is -0.391 e. The van der Waals surface area contributed by atoms with Gasteiger partial charge < -0.3 is 10.0 Å². The summed E-state index contributed by atoms with van der Waals surface area (Å²) in [5, 5.41) is 10.2. The second-order valence-electron chi connectivity index (χ2n) is 5.79. The van der Waals surface area contributed by atoms with Crippen molar-refractivity contribution in [3.63, 3.8) is 0 Å². The molecule has 0 radical (unpaired) electrons. The van der Waals surface area contributed by atoms with E-state index in [4.69, 9.17) is 0 Å². The van der Waals surface area contributed by atoms with E-state index in [1.165, 1.54) is 18.4 Å². The van der Waals surface area contributed by atoms with Gasteiger partial charge in [0.2, 0.25) is 10.0 Å². The molecule has 1 fully saturated rings. The third-order valence-electron chi connectivity index (χ3n) is 4.20. The molecule has 0 amide bonds. The molecule has 118 valence electrons. The lowest BCUT2D eigenvalue weighted by Gasteiger charge is -2.37. The number of aliphatic hydroxyl groups is 1. The Morgan fingerprint density at radius 3 is 2.33 bits per heavy atom. The average Bonchev–Trinajstić information content (AvgIpc) is 2.47. The minimum atomic E-state index is -3.50. The van der Waals surface area contributed by atoms with Gasteiger partial charge in [-0.2, -0.15) is 0 Å². The summed E-state index contributed by atoms with van der Waals surface area (Å²) in [5.41, 5.74) is 0.650. The lowest BCUT2D eigenvalue weighted by atomic mass is 9.91. The van der Waals surface area contributed by atoms with Gasteiger partial charge in [0, 0.05) is 21.1 Å². The Morgan fingerprint density at radius 2 is 1.71 bits per heavy atom. The average molecular weight is 312 g/mol. The summed E-state index contributed by atoms with van der Waals surface area (Å²) in [6.45, 7) is 0. The molecule has 2 unspecified atom stereocenters. The van der Waals surface area contributed by atoms with Crippen LogP contribution in [0.4, 0.5) is 5.69 Å². The summed E-state index contributed by atoms with van der Waals surface area (Å²) in [6, 6.07) is 6.95. The van der Waals surface area contributed by atoms with Crippen molar-refractivity contribution in [3.8, 4) is 0 Å². The maximum absolute atomic E-state index is 12.5. The van der Waals surface area contributed by atoms with Gasteiger partial charge in [-0.25, -0.2) is 12.7 Å². The molecule has 6 heteroatoms. The molecule has 2 atom stereocenters. The van der Waals surface area contributed by atoms with Crippen LogP contribution < -0.4 is 4.90 Å². The Bertz CT molecular complexity index is 586. The Labute approximate surface area is 127 Å². The Balaban J connectivity index is 2.40. The number of hydrogen-bond donors (Lipinski definition) is 1. The molecule has 1 N–H and O–H groups in total. The summed E-state index contributed by atoms with van der Waals surface area (Å²) in [5.74, 6) is 0. The van der Waals surface area contributed by atoms with Crippen molar-refractivity contribution in [1.29, 1.82) is 0 Å². The SMILES string of the molecule is CN(c1ccccc1S(=O)(=O)N(C)C)C1CCCCC1O. The van der Waals surface area contributed by atoms with Crippen LogP contribution in [0.2, 0.25) is 0 Å². The minimum absolute atomic E-state index is 0.0303. The monoisotopic (exact) mass is 312 g/mol. The molecular formula is C15H24N2O3S. The van der Waals surface area contributed by atoms with E-state index >= 15 is 0 Å². The smallest absolute Gasteiger partial charge is 0.244 e. The molecule has 0 spiro atoms. The fraction of sp³-hybridized carbons (Fsp3) is 0.600. The van der Waals surface area contributed by atoms with Gasteiger partial charge in [0.1, 0.15) is 4.90 Å². The van der Waals surface area contributed by atoms with Crippen molar-refractivity contribution in [2.75, 3.05) is 26.0 Å². The molecule has 0 aliphatic heterocycles. The highest BCUT2D eigenvalue weighted by molar-refractivity contribution is 7.89. The fourth-order valence-corrected chi connectivity index (χ4v) is 4.01. The van der Waals surface area contributed by atoms with Gasteiger partial charge in [-0.15, -0.1) is 0 Å². The van der Waals surface area contributed by atoms with Crippen LogP contribution in [0, 0.1) is 0 Å². The third-order valence-corrected chi connectivity index (χ3v) is 6.06. The van der Waals surface area contributed by atoms with Crippen LogP contribution in [0.25, 0.3) is 0 Å². The third kappa shape index (κ3) is 3.22. The molecule has 0 bridgehead atoms. The molecule has 2 rings (SSSR count). The number of likely N-dealkylation sites (N-methyl/N-ethyl adjacent to an activating group) is 1. The Kier molecular flexibility index (Phi) is 4.91. The predicted octanol–water partition coefficient (Wildman–Crippen LogP) is 1.68. The maximum atomic E-state index is 12.5. The first-order chi connectivity index (χ1) is 9.85.